The van der Waals surface area contributed by atoms with Gasteiger partial charge in [-0.05, 0) is 20.8 Å². The topological polar surface area (TPSA) is 77.8 Å². The average molecular weight is 269 g/mol. The standard InChI is InChI=1S/C13H19NO5/c1-13(2,3)19-11(15)6-14-5-9-7-18-8-10(9)12(16)17-4/h7-8,14H,5-6H2,1-4H3. The van der Waals surface area contributed by atoms with Crippen molar-refractivity contribution >= 4 is 11.9 Å². The maximum absolute atomic E-state index is 11.5. The summed E-state index contributed by atoms with van der Waals surface area (Å²) in [7, 11) is 1.30. The summed E-state index contributed by atoms with van der Waals surface area (Å²) in [5.74, 6) is -0.821. The number of carbonyl (C=O) groups is 2. The summed E-state index contributed by atoms with van der Waals surface area (Å²) in [4.78, 5) is 22.8. The molecule has 0 saturated carbocycles. The number of nitrogens with one attached hydrogen (secondary N) is 1. The van der Waals surface area contributed by atoms with Crippen molar-refractivity contribution < 1.29 is 23.5 Å². The smallest absolute Gasteiger partial charge is 0.341 e. The summed E-state index contributed by atoms with van der Waals surface area (Å²) in [5.41, 5.74) is 0.473. The maximum Gasteiger partial charge on any atom is 0.341 e. The second-order valence-electron chi connectivity index (χ2n) is 4.99. The second kappa shape index (κ2) is 6.38. The lowest BCUT2D eigenvalue weighted by Gasteiger charge is -2.19. The number of hydrogen-bond donors (Lipinski definition) is 1. The molecule has 0 aromatic carbocycles. The van der Waals surface area contributed by atoms with Crippen molar-refractivity contribution in [1.82, 2.24) is 5.32 Å². The first kappa shape index (κ1) is 15.2. The Morgan fingerprint density at radius 1 is 1.32 bits per heavy atom. The van der Waals surface area contributed by atoms with Crippen molar-refractivity contribution in [2.45, 2.75) is 32.9 Å². The van der Waals surface area contributed by atoms with Gasteiger partial charge in [0.05, 0.1) is 19.9 Å². The predicted octanol–water partition coefficient (Wildman–Crippen LogP) is 1.50. The van der Waals surface area contributed by atoms with E-state index in [-0.39, 0.29) is 12.5 Å². The van der Waals surface area contributed by atoms with Gasteiger partial charge in [-0.3, -0.25) is 4.79 Å². The van der Waals surface area contributed by atoms with E-state index in [0.29, 0.717) is 17.7 Å². The predicted molar refractivity (Wildman–Crippen MR) is 67.6 cm³/mol. The van der Waals surface area contributed by atoms with Crippen molar-refractivity contribution in [2.75, 3.05) is 13.7 Å². The zero-order chi connectivity index (χ0) is 14.5. The molecule has 1 N–H and O–H groups in total. The van der Waals surface area contributed by atoms with Gasteiger partial charge in [0.1, 0.15) is 17.4 Å². The van der Waals surface area contributed by atoms with Gasteiger partial charge in [-0.15, -0.1) is 0 Å². The molecule has 0 amide bonds. The van der Waals surface area contributed by atoms with E-state index < -0.39 is 11.6 Å². The zero-order valence-corrected chi connectivity index (χ0v) is 11.6. The fourth-order valence-corrected chi connectivity index (χ4v) is 1.43. The van der Waals surface area contributed by atoms with Crippen molar-refractivity contribution in [3.05, 3.63) is 23.7 Å². The van der Waals surface area contributed by atoms with Crippen LogP contribution in [0.25, 0.3) is 0 Å². The molecule has 0 radical (unpaired) electrons. The molecular formula is C13H19NO5. The van der Waals surface area contributed by atoms with Crippen molar-refractivity contribution in [3.63, 3.8) is 0 Å². The maximum atomic E-state index is 11.5. The van der Waals surface area contributed by atoms with Gasteiger partial charge in [-0.1, -0.05) is 0 Å². The first-order valence-electron chi connectivity index (χ1n) is 5.89. The first-order valence-corrected chi connectivity index (χ1v) is 5.89. The van der Waals surface area contributed by atoms with Gasteiger partial charge in [0.25, 0.3) is 0 Å². The first-order chi connectivity index (χ1) is 8.83. The normalized spacial score (nSPS) is 11.2. The van der Waals surface area contributed by atoms with Crippen molar-refractivity contribution in [1.29, 1.82) is 0 Å². The molecule has 0 unspecified atom stereocenters. The molecule has 0 aliphatic rings. The summed E-state index contributed by atoms with van der Waals surface area (Å²) >= 11 is 0. The monoisotopic (exact) mass is 269 g/mol. The highest BCUT2D eigenvalue weighted by Crippen LogP contribution is 2.11. The molecule has 0 spiro atoms. The third-order valence-electron chi connectivity index (χ3n) is 2.15. The van der Waals surface area contributed by atoms with Gasteiger partial charge in [0, 0.05) is 12.1 Å². The van der Waals surface area contributed by atoms with Crippen LogP contribution >= 0.6 is 0 Å². The molecule has 0 atom stereocenters. The molecule has 19 heavy (non-hydrogen) atoms. The van der Waals surface area contributed by atoms with Gasteiger partial charge in [-0.2, -0.15) is 0 Å². The van der Waals surface area contributed by atoms with Crippen LogP contribution < -0.4 is 5.32 Å². The van der Waals surface area contributed by atoms with Crippen LogP contribution in [0.1, 0.15) is 36.7 Å². The van der Waals surface area contributed by atoms with E-state index in [2.05, 4.69) is 10.1 Å². The van der Waals surface area contributed by atoms with E-state index >= 15 is 0 Å². The highest BCUT2D eigenvalue weighted by atomic mass is 16.6. The van der Waals surface area contributed by atoms with Gasteiger partial charge in [-0.25, -0.2) is 4.79 Å². The molecule has 0 aliphatic carbocycles. The third kappa shape index (κ3) is 5.13. The number of furan rings is 1. The van der Waals surface area contributed by atoms with Crippen molar-refractivity contribution in [3.8, 4) is 0 Å². The fourth-order valence-electron chi connectivity index (χ4n) is 1.43. The number of rotatable bonds is 5. The lowest BCUT2D eigenvalue weighted by molar-refractivity contribution is -0.153. The molecule has 1 heterocycles. The second-order valence-corrected chi connectivity index (χ2v) is 4.99. The lowest BCUT2D eigenvalue weighted by atomic mass is 10.2. The Morgan fingerprint density at radius 2 is 2.00 bits per heavy atom. The minimum Gasteiger partial charge on any atom is -0.471 e. The van der Waals surface area contributed by atoms with E-state index in [1.165, 1.54) is 19.6 Å². The van der Waals surface area contributed by atoms with E-state index in [1.807, 2.05) is 0 Å². The van der Waals surface area contributed by atoms with Gasteiger partial charge in [0.2, 0.25) is 0 Å². The Kier molecular flexibility index (Phi) is 5.11. The van der Waals surface area contributed by atoms with Crippen LogP contribution in [0.4, 0.5) is 0 Å². The highest BCUT2D eigenvalue weighted by molar-refractivity contribution is 5.90. The Labute approximate surface area is 112 Å². The molecule has 1 aromatic rings. The molecule has 0 aliphatic heterocycles. The molecule has 0 saturated heterocycles. The molecular weight excluding hydrogens is 250 g/mol. The Hall–Kier alpha value is -1.82. The van der Waals surface area contributed by atoms with E-state index in [4.69, 9.17) is 9.15 Å². The SMILES string of the molecule is COC(=O)c1cocc1CNCC(=O)OC(C)(C)C. The summed E-state index contributed by atoms with van der Waals surface area (Å²) in [6, 6.07) is 0. The summed E-state index contributed by atoms with van der Waals surface area (Å²) < 4.78 is 14.7. The van der Waals surface area contributed by atoms with E-state index in [9.17, 15) is 9.59 Å². The molecule has 0 bridgehead atoms. The molecule has 1 rings (SSSR count). The number of carbonyl (C=O) groups excluding carboxylic acids is 2. The number of methoxy groups -OCH3 is 1. The van der Waals surface area contributed by atoms with E-state index in [1.54, 1.807) is 20.8 Å². The van der Waals surface area contributed by atoms with Gasteiger partial charge < -0.3 is 19.2 Å². The number of esters is 2. The molecule has 106 valence electrons. The summed E-state index contributed by atoms with van der Waals surface area (Å²) in [6.07, 6.45) is 2.75. The largest absolute Gasteiger partial charge is 0.471 e. The summed E-state index contributed by atoms with van der Waals surface area (Å²) in [6.45, 7) is 5.78. The van der Waals surface area contributed by atoms with Crippen LogP contribution in [-0.4, -0.2) is 31.2 Å². The van der Waals surface area contributed by atoms with Crippen LogP contribution in [-0.2, 0) is 20.8 Å². The number of ether oxygens (including phenoxy) is 2. The molecule has 6 nitrogen and oxygen atoms in total. The minimum absolute atomic E-state index is 0.0586. The van der Waals surface area contributed by atoms with Crippen LogP contribution in [0.2, 0.25) is 0 Å². The minimum atomic E-state index is -0.508. The lowest BCUT2D eigenvalue weighted by Crippen LogP contribution is -2.31. The Bertz CT molecular complexity index is 444. The Morgan fingerprint density at radius 3 is 2.58 bits per heavy atom. The quantitative estimate of drug-likeness (QED) is 0.816. The van der Waals surface area contributed by atoms with Crippen LogP contribution in [0.5, 0.6) is 0 Å². The zero-order valence-electron chi connectivity index (χ0n) is 11.6. The molecule has 6 heteroatoms. The van der Waals surface area contributed by atoms with Gasteiger partial charge >= 0.3 is 11.9 Å². The van der Waals surface area contributed by atoms with Crippen LogP contribution in [0, 0.1) is 0 Å². The molecule has 1 aromatic heterocycles. The van der Waals surface area contributed by atoms with Crippen LogP contribution in [0.3, 0.4) is 0 Å². The fraction of sp³-hybridized carbons (Fsp3) is 0.538. The molecule has 0 fully saturated rings. The van der Waals surface area contributed by atoms with Crippen molar-refractivity contribution in [2.24, 2.45) is 0 Å². The van der Waals surface area contributed by atoms with Gasteiger partial charge in [0.15, 0.2) is 0 Å². The number of hydrogen-bond acceptors (Lipinski definition) is 6. The summed E-state index contributed by atoms with van der Waals surface area (Å²) in [5, 5.41) is 2.89. The Balaban J connectivity index is 2.44. The average Bonchev–Trinajstić information content (AvgIpc) is 2.74. The highest BCUT2D eigenvalue weighted by Gasteiger charge is 2.17. The third-order valence-corrected chi connectivity index (χ3v) is 2.15. The van der Waals surface area contributed by atoms with E-state index in [0.717, 1.165) is 0 Å². The van der Waals surface area contributed by atoms with Crippen LogP contribution in [0.15, 0.2) is 16.9 Å².